The van der Waals surface area contributed by atoms with Gasteiger partial charge in [0.25, 0.3) is 0 Å². The average Bonchev–Trinajstić information content (AvgIpc) is 2.41. The zero-order chi connectivity index (χ0) is 15.5. The lowest BCUT2D eigenvalue weighted by Gasteiger charge is -2.11. The minimum atomic E-state index is -3.70. The summed E-state index contributed by atoms with van der Waals surface area (Å²) < 4.78 is 22.3. The molecule has 0 bridgehead atoms. The molecule has 0 aliphatic carbocycles. The molecular weight excluding hydrogens is 330 g/mol. The standard InChI is InChI=1S/C13H12ClN3O2S2/c14-11-3-1-2-4-12(11)17-13(20)16-9-5-7-10(8-6-9)21(15,18)19/h1-8H,(H2,15,18,19)(H2,16,17,20). The van der Waals surface area contributed by atoms with Crippen molar-refractivity contribution in [3.63, 3.8) is 0 Å². The van der Waals surface area contributed by atoms with Crippen molar-refractivity contribution in [2.24, 2.45) is 5.14 Å². The fraction of sp³-hybridized carbons (Fsp3) is 0. The molecule has 8 heteroatoms. The molecule has 0 unspecified atom stereocenters. The van der Waals surface area contributed by atoms with Crippen molar-refractivity contribution in [1.82, 2.24) is 0 Å². The summed E-state index contributed by atoms with van der Waals surface area (Å²) in [5.41, 5.74) is 1.31. The Bertz CT molecular complexity index is 761. The molecule has 0 aromatic heterocycles. The van der Waals surface area contributed by atoms with E-state index in [2.05, 4.69) is 10.6 Å². The molecule has 2 aromatic rings. The molecule has 0 saturated heterocycles. The smallest absolute Gasteiger partial charge is 0.238 e. The van der Waals surface area contributed by atoms with Crippen molar-refractivity contribution in [2.75, 3.05) is 10.6 Å². The van der Waals surface area contributed by atoms with Crippen molar-refractivity contribution in [2.45, 2.75) is 4.90 Å². The maximum Gasteiger partial charge on any atom is 0.238 e. The number of nitrogens with one attached hydrogen (secondary N) is 2. The number of halogens is 1. The summed E-state index contributed by atoms with van der Waals surface area (Å²) in [5, 5.41) is 11.8. The van der Waals surface area contributed by atoms with Crippen molar-refractivity contribution in [3.05, 3.63) is 53.6 Å². The minimum Gasteiger partial charge on any atom is -0.332 e. The second-order valence-electron chi connectivity index (χ2n) is 4.13. The second kappa shape index (κ2) is 6.40. The van der Waals surface area contributed by atoms with Crippen LogP contribution in [0.2, 0.25) is 5.02 Å². The highest BCUT2D eigenvalue weighted by Gasteiger charge is 2.07. The second-order valence-corrected chi connectivity index (χ2v) is 6.51. The molecule has 21 heavy (non-hydrogen) atoms. The minimum absolute atomic E-state index is 0.0398. The van der Waals surface area contributed by atoms with Crippen LogP contribution in [0, 0.1) is 0 Å². The van der Waals surface area contributed by atoms with Gasteiger partial charge in [0.15, 0.2) is 5.11 Å². The number of hydrogen-bond donors (Lipinski definition) is 3. The lowest BCUT2D eigenvalue weighted by Crippen LogP contribution is -2.19. The van der Waals surface area contributed by atoms with E-state index in [0.29, 0.717) is 21.5 Å². The van der Waals surface area contributed by atoms with Gasteiger partial charge in [-0.25, -0.2) is 13.6 Å². The molecule has 0 aliphatic heterocycles. The van der Waals surface area contributed by atoms with Crippen LogP contribution in [0.5, 0.6) is 0 Å². The normalized spacial score (nSPS) is 11.0. The molecular formula is C13H12ClN3O2S2. The van der Waals surface area contributed by atoms with E-state index in [1.807, 2.05) is 12.1 Å². The zero-order valence-corrected chi connectivity index (χ0v) is 13.1. The van der Waals surface area contributed by atoms with E-state index in [1.165, 1.54) is 12.1 Å². The van der Waals surface area contributed by atoms with Gasteiger partial charge in [-0.05, 0) is 48.6 Å². The van der Waals surface area contributed by atoms with Crippen LogP contribution in [0.25, 0.3) is 0 Å². The molecule has 0 atom stereocenters. The largest absolute Gasteiger partial charge is 0.332 e. The van der Waals surface area contributed by atoms with Gasteiger partial charge < -0.3 is 10.6 Å². The van der Waals surface area contributed by atoms with Gasteiger partial charge in [0.05, 0.1) is 15.6 Å². The Morgan fingerprint density at radius 3 is 2.24 bits per heavy atom. The van der Waals surface area contributed by atoms with Crippen LogP contribution in [0.4, 0.5) is 11.4 Å². The van der Waals surface area contributed by atoms with Gasteiger partial charge in [-0.1, -0.05) is 23.7 Å². The summed E-state index contributed by atoms with van der Waals surface area (Å²) in [7, 11) is -3.70. The molecule has 0 fully saturated rings. The van der Waals surface area contributed by atoms with Crippen LogP contribution in [-0.2, 0) is 10.0 Å². The van der Waals surface area contributed by atoms with Crippen LogP contribution in [0.1, 0.15) is 0 Å². The number of sulfonamides is 1. The lowest BCUT2D eigenvalue weighted by atomic mass is 10.3. The third-order valence-electron chi connectivity index (χ3n) is 2.56. The summed E-state index contributed by atoms with van der Waals surface area (Å²) >= 11 is 11.2. The van der Waals surface area contributed by atoms with Gasteiger partial charge in [0.1, 0.15) is 0 Å². The first kappa shape index (κ1) is 15.7. The number of primary sulfonamides is 1. The highest BCUT2D eigenvalue weighted by molar-refractivity contribution is 7.89. The van der Waals surface area contributed by atoms with Gasteiger partial charge in [-0.2, -0.15) is 0 Å². The number of rotatable bonds is 3. The molecule has 0 heterocycles. The summed E-state index contributed by atoms with van der Waals surface area (Å²) in [6, 6.07) is 13.1. The van der Waals surface area contributed by atoms with Crippen molar-refractivity contribution in [1.29, 1.82) is 0 Å². The third-order valence-corrected chi connectivity index (χ3v) is 4.03. The van der Waals surface area contributed by atoms with Crippen molar-refractivity contribution in [3.8, 4) is 0 Å². The maximum absolute atomic E-state index is 11.1. The Hall–Kier alpha value is -1.67. The summed E-state index contributed by atoms with van der Waals surface area (Å²) in [6.45, 7) is 0. The number of thiocarbonyl (C=S) groups is 1. The number of nitrogens with two attached hydrogens (primary N) is 1. The lowest BCUT2D eigenvalue weighted by molar-refractivity contribution is 0.598. The van der Waals surface area contributed by atoms with Gasteiger partial charge in [-0.3, -0.25) is 0 Å². The molecule has 2 rings (SSSR count). The predicted molar refractivity (Wildman–Crippen MR) is 89.1 cm³/mol. The molecule has 5 nitrogen and oxygen atoms in total. The quantitative estimate of drug-likeness (QED) is 0.747. The van der Waals surface area contributed by atoms with E-state index in [0.717, 1.165) is 0 Å². The Kier molecular flexibility index (Phi) is 4.79. The molecule has 2 aromatic carbocycles. The van der Waals surface area contributed by atoms with E-state index in [4.69, 9.17) is 29.0 Å². The molecule has 0 aliphatic rings. The molecule has 110 valence electrons. The molecule has 0 saturated carbocycles. The monoisotopic (exact) mass is 341 g/mol. The van der Waals surface area contributed by atoms with Gasteiger partial charge in [0.2, 0.25) is 10.0 Å². The zero-order valence-electron chi connectivity index (χ0n) is 10.7. The predicted octanol–water partition coefficient (Wildman–Crippen LogP) is 2.80. The van der Waals surface area contributed by atoms with Crippen LogP contribution in [0.3, 0.4) is 0 Å². The first-order chi connectivity index (χ1) is 9.86. The van der Waals surface area contributed by atoms with Gasteiger partial charge in [-0.15, -0.1) is 0 Å². The first-order valence-corrected chi connectivity index (χ1v) is 8.15. The average molecular weight is 342 g/mol. The summed E-state index contributed by atoms with van der Waals surface area (Å²) in [6.07, 6.45) is 0. The topological polar surface area (TPSA) is 84.2 Å². The molecule has 0 radical (unpaired) electrons. The first-order valence-electron chi connectivity index (χ1n) is 5.81. The number of hydrogen-bond acceptors (Lipinski definition) is 3. The molecule has 4 N–H and O–H groups in total. The SMILES string of the molecule is NS(=O)(=O)c1ccc(NC(=S)Nc2ccccc2Cl)cc1. The highest BCUT2D eigenvalue weighted by atomic mass is 35.5. The summed E-state index contributed by atoms with van der Waals surface area (Å²) in [5.74, 6) is 0. The fourth-order valence-corrected chi connectivity index (χ4v) is 2.50. The van der Waals surface area contributed by atoms with Crippen molar-refractivity contribution >= 4 is 50.3 Å². The Labute approximate surface area is 133 Å². The van der Waals surface area contributed by atoms with E-state index < -0.39 is 10.0 Å². The van der Waals surface area contributed by atoms with Gasteiger partial charge in [0, 0.05) is 5.69 Å². The van der Waals surface area contributed by atoms with Crippen LogP contribution < -0.4 is 15.8 Å². The van der Waals surface area contributed by atoms with Gasteiger partial charge >= 0.3 is 0 Å². The summed E-state index contributed by atoms with van der Waals surface area (Å²) in [4.78, 5) is 0.0398. The Balaban J connectivity index is 2.05. The fourth-order valence-electron chi connectivity index (χ4n) is 1.58. The number of para-hydroxylation sites is 1. The van der Waals surface area contributed by atoms with E-state index in [1.54, 1.807) is 24.3 Å². The van der Waals surface area contributed by atoms with Crippen LogP contribution in [-0.4, -0.2) is 13.5 Å². The number of benzene rings is 2. The van der Waals surface area contributed by atoms with E-state index in [9.17, 15) is 8.42 Å². The Morgan fingerprint density at radius 2 is 1.67 bits per heavy atom. The van der Waals surface area contributed by atoms with Crippen LogP contribution in [0.15, 0.2) is 53.4 Å². The number of anilines is 2. The van der Waals surface area contributed by atoms with E-state index >= 15 is 0 Å². The third kappa shape index (κ3) is 4.40. The van der Waals surface area contributed by atoms with Crippen molar-refractivity contribution < 1.29 is 8.42 Å². The highest BCUT2D eigenvalue weighted by Crippen LogP contribution is 2.21. The maximum atomic E-state index is 11.1. The van der Waals surface area contributed by atoms with E-state index in [-0.39, 0.29) is 4.90 Å². The Morgan fingerprint density at radius 1 is 1.05 bits per heavy atom. The molecule has 0 spiro atoms. The van der Waals surface area contributed by atoms with Crippen LogP contribution >= 0.6 is 23.8 Å². The molecule has 0 amide bonds.